The van der Waals surface area contributed by atoms with Crippen molar-refractivity contribution in [3.8, 4) is 11.8 Å². The van der Waals surface area contributed by atoms with Crippen molar-refractivity contribution >= 4 is 27.4 Å². The average molecular weight is 287 g/mol. The summed E-state index contributed by atoms with van der Waals surface area (Å²) in [7, 11) is -3.48. The number of benzene rings is 1. The molecule has 1 aromatic rings. The molecule has 0 amide bonds. The van der Waals surface area contributed by atoms with E-state index in [-0.39, 0.29) is 27.7 Å². The molecule has 1 aromatic carbocycles. The molecule has 0 aromatic heterocycles. The highest BCUT2D eigenvalue weighted by atomic mass is 35.5. The minimum absolute atomic E-state index is 0.00963. The van der Waals surface area contributed by atoms with Gasteiger partial charge in [0.25, 0.3) is 0 Å². The maximum atomic E-state index is 11.9. The van der Waals surface area contributed by atoms with Crippen molar-refractivity contribution in [3.05, 3.63) is 28.8 Å². The molecule has 0 radical (unpaired) electrons. The summed E-state index contributed by atoms with van der Waals surface area (Å²) in [5.41, 5.74) is -0.121. The lowest BCUT2D eigenvalue weighted by Crippen LogP contribution is -2.07. The van der Waals surface area contributed by atoms with E-state index in [1.165, 1.54) is 12.1 Å². The van der Waals surface area contributed by atoms with Gasteiger partial charge in [-0.3, -0.25) is 0 Å². The zero-order valence-electron chi connectivity index (χ0n) is 9.60. The van der Waals surface area contributed by atoms with Crippen molar-refractivity contribution in [3.63, 3.8) is 0 Å². The fraction of sp³-hybridized carbons (Fsp3) is 0.250. The van der Waals surface area contributed by atoms with E-state index in [0.29, 0.717) is 0 Å². The van der Waals surface area contributed by atoms with Crippen LogP contribution in [0.1, 0.15) is 23.7 Å². The van der Waals surface area contributed by atoms with Gasteiger partial charge in [0, 0.05) is 6.42 Å². The van der Waals surface area contributed by atoms with E-state index in [1.807, 2.05) is 0 Å². The number of rotatable bonds is 4. The van der Waals surface area contributed by atoms with Gasteiger partial charge < -0.3 is 5.11 Å². The van der Waals surface area contributed by atoms with Gasteiger partial charge in [-0.15, -0.1) is 11.8 Å². The topological polar surface area (TPSA) is 71.4 Å². The number of carboxylic acid groups (broad SMARTS) is 1. The molecule has 1 rings (SSSR count). The van der Waals surface area contributed by atoms with Gasteiger partial charge in [0.2, 0.25) is 0 Å². The molecule has 0 aliphatic rings. The molecule has 0 heterocycles. The van der Waals surface area contributed by atoms with E-state index >= 15 is 0 Å². The van der Waals surface area contributed by atoms with E-state index in [4.69, 9.17) is 16.7 Å². The Kier molecular flexibility index (Phi) is 4.76. The molecule has 0 fully saturated rings. The Hall–Kier alpha value is -1.51. The number of halogens is 1. The fourth-order valence-electron chi connectivity index (χ4n) is 1.29. The van der Waals surface area contributed by atoms with Gasteiger partial charge in [-0.25, -0.2) is 13.2 Å². The highest BCUT2D eigenvalue weighted by Crippen LogP contribution is 2.22. The number of aromatic carboxylic acids is 1. The first-order valence-corrected chi connectivity index (χ1v) is 7.06. The summed E-state index contributed by atoms with van der Waals surface area (Å²) < 4.78 is 23.7. The Morgan fingerprint density at radius 2 is 2.11 bits per heavy atom. The summed E-state index contributed by atoms with van der Waals surface area (Å²) in [6.07, 6.45) is 0.233. The number of carboxylic acids is 1. The first-order valence-electron chi connectivity index (χ1n) is 5.03. The monoisotopic (exact) mass is 286 g/mol. The fourth-order valence-corrected chi connectivity index (χ4v) is 2.80. The average Bonchev–Trinajstić information content (AvgIpc) is 2.28. The molecule has 0 unspecified atom stereocenters. The smallest absolute Gasteiger partial charge is 0.337 e. The second kappa shape index (κ2) is 5.89. The Morgan fingerprint density at radius 1 is 1.44 bits per heavy atom. The molecule has 96 valence electrons. The van der Waals surface area contributed by atoms with Crippen molar-refractivity contribution in [1.82, 2.24) is 0 Å². The van der Waals surface area contributed by atoms with Gasteiger partial charge in [0.05, 0.1) is 21.2 Å². The summed E-state index contributed by atoms with van der Waals surface area (Å²) >= 11 is 5.72. The van der Waals surface area contributed by atoms with Crippen LogP contribution in [0.2, 0.25) is 5.02 Å². The molecule has 1 N–H and O–H groups in total. The van der Waals surface area contributed by atoms with E-state index in [9.17, 15) is 13.2 Å². The van der Waals surface area contributed by atoms with Crippen molar-refractivity contribution in [2.75, 3.05) is 5.75 Å². The molecule has 0 saturated heterocycles. The quantitative estimate of drug-likeness (QED) is 0.862. The Labute approximate surface area is 111 Å². The van der Waals surface area contributed by atoms with E-state index in [1.54, 1.807) is 6.92 Å². The van der Waals surface area contributed by atoms with Gasteiger partial charge >= 0.3 is 5.97 Å². The Morgan fingerprint density at radius 3 is 2.61 bits per heavy atom. The minimum Gasteiger partial charge on any atom is -0.478 e. The third-order valence-corrected chi connectivity index (χ3v) is 4.23. The summed E-state index contributed by atoms with van der Waals surface area (Å²) in [5, 5.41) is 8.69. The summed E-state index contributed by atoms with van der Waals surface area (Å²) in [4.78, 5) is 10.8. The molecular weight excluding hydrogens is 276 g/mol. The van der Waals surface area contributed by atoms with E-state index < -0.39 is 15.8 Å². The molecule has 18 heavy (non-hydrogen) atoms. The van der Waals surface area contributed by atoms with Gasteiger partial charge in [0.1, 0.15) is 0 Å². The molecule has 6 heteroatoms. The van der Waals surface area contributed by atoms with Crippen LogP contribution in [0, 0.1) is 11.8 Å². The van der Waals surface area contributed by atoms with Crippen LogP contribution >= 0.6 is 11.6 Å². The molecule has 0 aliphatic carbocycles. The van der Waals surface area contributed by atoms with Gasteiger partial charge in [0.15, 0.2) is 9.84 Å². The second-order valence-electron chi connectivity index (χ2n) is 3.44. The van der Waals surface area contributed by atoms with Crippen LogP contribution in [-0.2, 0) is 9.84 Å². The molecular formula is C12H11ClO4S. The van der Waals surface area contributed by atoms with Gasteiger partial charge in [-0.05, 0) is 25.1 Å². The van der Waals surface area contributed by atoms with E-state index in [0.717, 1.165) is 6.07 Å². The van der Waals surface area contributed by atoms with Gasteiger partial charge in [-0.2, -0.15) is 0 Å². The largest absolute Gasteiger partial charge is 0.478 e. The second-order valence-corrected chi connectivity index (χ2v) is 5.96. The Bertz CT molecular complexity index is 623. The van der Waals surface area contributed by atoms with E-state index in [2.05, 4.69) is 11.8 Å². The molecule has 0 aliphatic heterocycles. The standard InChI is InChI=1S/C12H11ClO4S/c1-2-3-4-7-18(16,17)9-5-6-10(12(14)15)11(13)8-9/h5-6,8H,4,7H2,1H3,(H,14,15). The lowest BCUT2D eigenvalue weighted by atomic mass is 10.2. The summed E-state index contributed by atoms with van der Waals surface area (Å²) in [5.74, 6) is 3.96. The highest BCUT2D eigenvalue weighted by Gasteiger charge is 2.17. The first kappa shape index (κ1) is 14.6. The summed E-state index contributed by atoms with van der Waals surface area (Å²) in [6, 6.07) is 3.58. The van der Waals surface area contributed by atoms with Crippen LogP contribution in [0.5, 0.6) is 0 Å². The SMILES string of the molecule is CC#CCCS(=O)(=O)c1ccc(C(=O)O)c(Cl)c1. The first-order chi connectivity index (χ1) is 8.38. The molecule has 4 nitrogen and oxygen atoms in total. The molecule has 0 spiro atoms. The third-order valence-electron chi connectivity index (χ3n) is 2.20. The maximum Gasteiger partial charge on any atom is 0.337 e. The highest BCUT2D eigenvalue weighted by molar-refractivity contribution is 7.91. The van der Waals surface area contributed by atoms with Crippen molar-refractivity contribution in [1.29, 1.82) is 0 Å². The lowest BCUT2D eigenvalue weighted by Gasteiger charge is -2.04. The molecule has 0 saturated carbocycles. The normalized spacial score (nSPS) is 10.6. The Balaban J connectivity index is 3.06. The molecule has 0 bridgehead atoms. The molecule has 0 atom stereocenters. The summed E-state index contributed by atoms with van der Waals surface area (Å²) in [6.45, 7) is 1.63. The zero-order valence-corrected chi connectivity index (χ0v) is 11.2. The van der Waals surface area contributed by atoms with Crippen molar-refractivity contribution in [2.45, 2.75) is 18.2 Å². The maximum absolute atomic E-state index is 11.9. The number of hydrogen-bond donors (Lipinski definition) is 1. The van der Waals surface area contributed by atoms with Crippen LogP contribution in [0.3, 0.4) is 0 Å². The van der Waals surface area contributed by atoms with Crippen molar-refractivity contribution < 1.29 is 18.3 Å². The van der Waals surface area contributed by atoms with Crippen LogP contribution in [0.25, 0.3) is 0 Å². The number of hydrogen-bond acceptors (Lipinski definition) is 3. The van der Waals surface area contributed by atoms with Crippen LogP contribution < -0.4 is 0 Å². The van der Waals surface area contributed by atoms with Crippen LogP contribution in [-0.4, -0.2) is 25.2 Å². The van der Waals surface area contributed by atoms with Crippen LogP contribution in [0.15, 0.2) is 23.1 Å². The van der Waals surface area contributed by atoms with Crippen molar-refractivity contribution in [2.24, 2.45) is 0 Å². The predicted octanol–water partition coefficient (Wildman–Crippen LogP) is 2.23. The zero-order chi connectivity index (χ0) is 13.8. The number of sulfone groups is 1. The van der Waals surface area contributed by atoms with Crippen LogP contribution in [0.4, 0.5) is 0 Å². The minimum atomic E-state index is -3.48. The lowest BCUT2D eigenvalue weighted by molar-refractivity contribution is 0.0697. The number of carbonyl (C=O) groups is 1. The van der Waals surface area contributed by atoms with Gasteiger partial charge in [-0.1, -0.05) is 11.6 Å². The predicted molar refractivity (Wildman–Crippen MR) is 68.5 cm³/mol. The third kappa shape index (κ3) is 3.49.